The Hall–Kier alpha value is 1.41. The van der Waals surface area contributed by atoms with E-state index in [4.69, 9.17) is 5.11 Å². The standard InChI is InChI=1S/C7H14BF3NO.K/c9-8(10,11)6-12(4-5-13)7-2-1-3-7;/h7,13H,1-6H2;/q-1;+1. The average Bonchev–Trinajstić information content (AvgIpc) is 1.79. The first kappa shape index (κ1) is 15.4. The zero-order chi connectivity index (χ0) is 9.90. The van der Waals surface area contributed by atoms with Crippen LogP contribution >= 0.6 is 0 Å². The van der Waals surface area contributed by atoms with Gasteiger partial charge in [-0.2, -0.15) is 0 Å². The molecule has 1 fully saturated rings. The quantitative estimate of drug-likeness (QED) is 0.570. The Morgan fingerprint density at radius 1 is 1.29 bits per heavy atom. The van der Waals surface area contributed by atoms with Crippen molar-refractivity contribution >= 4 is 6.98 Å². The summed E-state index contributed by atoms with van der Waals surface area (Å²) < 4.78 is 36.3. The van der Waals surface area contributed by atoms with E-state index in [1.54, 1.807) is 0 Å². The molecule has 0 bridgehead atoms. The molecule has 7 heteroatoms. The minimum Gasteiger partial charge on any atom is -0.448 e. The molecule has 0 unspecified atom stereocenters. The second-order valence-corrected chi connectivity index (χ2v) is 3.51. The van der Waals surface area contributed by atoms with Crippen molar-refractivity contribution in [3.05, 3.63) is 0 Å². The van der Waals surface area contributed by atoms with Gasteiger partial charge in [-0.25, -0.2) is 0 Å². The number of hydrogen-bond donors (Lipinski definition) is 1. The third-order valence-corrected chi connectivity index (χ3v) is 2.42. The van der Waals surface area contributed by atoms with Gasteiger partial charge in [0.15, 0.2) is 0 Å². The summed E-state index contributed by atoms with van der Waals surface area (Å²) in [5.74, 6) is 0. The normalized spacial score (nSPS) is 17.8. The van der Waals surface area contributed by atoms with E-state index in [0.717, 1.165) is 19.3 Å². The van der Waals surface area contributed by atoms with Gasteiger partial charge < -0.3 is 23.0 Å². The van der Waals surface area contributed by atoms with Gasteiger partial charge in [-0.1, -0.05) is 6.42 Å². The first-order valence-corrected chi connectivity index (χ1v) is 4.59. The van der Waals surface area contributed by atoms with E-state index in [0.29, 0.717) is 0 Å². The van der Waals surface area contributed by atoms with E-state index >= 15 is 0 Å². The first-order chi connectivity index (χ1) is 6.03. The van der Waals surface area contributed by atoms with Crippen LogP contribution < -0.4 is 51.4 Å². The molecule has 0 radical (unpaired) electrons. The van der Waals surface area contributed by atoms with Gasteiger partial charge in [0.05, 0.1) is 6.61 Å². The largest absolute Gasteiger partial charge is 1.00 e. The fourth-order valence-electron chi connectivity index (χ4n) is 1.57. The molecule has 1 aliphatic carbocycles. The molecule has 1 rings (SSSR count). The van der Waals surface area contributed by atoms with Gasteiger partial charge in [0.25, 0.3) is 0 Å². The minimum absolute atomic E-state index is 0. The van der Waals surface area contributed by atoms with Crippen molar-refractivity contribution in [1.82, 2.24) is 4.90 Å². The van der Waals surface area contributed by atoms with E-state index in [9.17, 15) is 12.9 Å². The molecule has 0 atom stereocenters. The molecule has 0 spiro atoms. The van der Waals surface area contributed by atoms with Crippen LogP contribution in [-0.2, 0) is 0 Å². The summed E-state index contributed by atoms with van der Waals surface area (Å²) in [7, 11) is 0. The SMILES string of the molecule is OCCN(C[B-](F)(F)F)C1CCC1.[K+]. The Labute approximate surface area is 125 Å². The van der Waals surface area contributed by atoms with Crippen LogP contribution in [0.25, 0.3) is 0 Å². The first-order valence-electron chi connectivity index (χ1n) is 4.59. The van der Waals surface area contributed by atoms with Crippen LogP contribution in [0.2, 0.25) is 0 Å². The van der Waals surface area contributed by atoms with Gasteiger partial charge in [-0.3, -0.25) is 0 Å². The fraction of sp³-hybridized carbons (Fsp3) is 1.00. The molecule has 78 valence electrons. The van der Waals surface area contributed by atoms with Crippen LogP contribution in [0, 0.1) is 0 Å². The molecule has 1 N–H and O–H groups in total. The molecular formula is C7H14BF3KNO. The minimum atomic E-state index is -4.75. The molecule has 14 heavy (non-hydrogen) atoms. The predicted molar refractivity (Wildman–Crippen MR) is 45.4 cm³/mol. The molecule has 0 amide bonds. The summed E-state index contributed by atoms with van der Waals surface area (Å²) in [6, 6.07) is 0.0515. The number of halogens is 3. The van der Waals surface area contributed by atoms with Crippen molar-refractivity contribution in [2.75, 3.05) is 19.6 Å². The maximum atomic E-state index is 12.1. The van der Waals surface area contributed by atoms with E-state index < -0.39 is 13.4 Å². The van der Waals surface area contributed by atoms with Crippen molar-refractivity contribution in [1.29, 1.82) is 0 Å². The summed E-state index contributed by atoms with van der Waals surface area (Å²) in [5.41, 5.74) is 0. The van der Waals surface area contributed by atoms with E-state index in [2.05, 4.69) is 0 Å². The fourth-order valence-corrected chi connectivity index (χ4v) is 1.57. The van der Waals surface area contributed by atoms with Crippen molar-refractivity contribution in [2.45, 2.75) is 25.3 Å². The van der Waals surface area contributed by atoms with E-state index in [1.165, 1.54) is 4.90 Å². The summed E-state index contributed by atoms with van der Waals surface area (Å²) in [5, 5.41) is 8.60. The molecule has 0 heterocycles. The summed E-state index contributed by atoms with van der Waals surface area (Å²) >= 11 is 0. The zero-order valence-corrected chi connectivity index (χ0v) is 11.5. The monoisotopic (exact) mass is 235 g/mol. The molecule has 0 aromatic heterocycles. The predicted octanol–water partition coefficient (Wildman–Crippen LogP) is -1.78. The third-order valence-electron chi connectivity index (χ3n) is 2.42. The summed E-state index contributed by atoms with van der Waals surface area (Å²) in [6.07, 6.45) is 1.86. The molecule has 1 saturated carbocycles. The summed E-state index contributed by atoms with van der Waals surface area (Å²) in [4.78, 5) is 1.35. The Morgan fingerprint density at radius 2 is 1.86 bits per heavy atom. The average molecular weight is 235 g/mol. The molecule has 0 saturated heterocycles. The van der Waals surface area contributed by atoms with Gasteiger partial charge in [0, 0.05) is 12.6 Å². The maximum Gasteiger partial charge on any atom is 1.00 e. The number of rotatable bonds is 5. The van der Waals surface area contributed by atoms with Crippen LogP contribution in [0.1, 0.15) is 19.3 Å². The Morgan fingerprint density at radius 3 is 2.14 bits per heavy atom. The number of aliphatic hydroxyl groups excluding tert-OH is 1. The number of aliphatic hydroxyl groups is 1. The topological polar surface area (TPSA) is 23.5 Å². The molecule has 1 aliphatic rings. The van der Waals surface area contributed by atoms with E-state index in [-0.39, 0.29) is 70.6 Å². The Bertz CT molecular complexity index is 166. The Balaban J connectivity index is 0.00000169. The van der Waals surface area contributed by atoms with Crippen LogP contribution in [0.3, 0.4) is 0 Å². The molecule has 0 aromatic rings. The number of nitrogens with zero attached hydrogens (tertiary/aromatic N) is 1. The second-order valence-electron chi connectivity index (χ2n) is 3.51. The van der Waals surface area contributed by atoms with E-state index in [1.807, 2.05) is 0 Å². The molecule has 2 nitrogen and oxygen atoms in total. The van der Waals surface area contributed by atoms with Gasteiger partial charge >= 0.3 is 58.4 Å². The van der Waals surface area contributed by atoms with Crippen molar-refractivity contribution in [3.8, 4) is 0 Å². The molecule has 0 aromatic carbocycles. The van der Waals surface area contributed by atoms with Crippen molar-refractivity contribution < 1.29 is 69.4 Å². The van der Waals surface area contributed by atoms with Crippen molar-refractivity contribution in [2.24, 2.45) is 0 Å². The Kier molecular flexibility index (Phi) is 7.57. The second kappa shape index (κ2) is 6.88. The van der Waals surface area contributed by atoms with Gasteiger partial charge in [0.2, 0.25) is 0 Å². The maximum absolute atomic E-state index is 12.1. The summed E-state index contributed by atoms with van der Waals surface area (Å²) in [6.45, 7) is -4.80. The third kappa shape index (κ3) is 5.48. The number of hydrogen-bond acceptors (Lipinski definition) is 2. The van der Waals surface area contributed by atoms with Crippen LogP contribution in [0.15, 0.2) is 0 Å². The van der Waals surface area contributed by atoms with Crippen LogP contribution in [0.5, 0.6) is 0 Å². The van der Waals surface area contributed by atoms with Gasteiger partial charge in [-0.05, 0) is 19.3 Å². The van der Waals surface area contributed by atoms with Gasteiger partial charge in [-0.15, -0.1) is 0 Å². The van der Waals surface area contributed by atoms with Gasteiger partial charge in [0.1, 0.15) is 0 Å². The van der Waals surface area contributed by atoms with Crippen molar-refractivity contribution in [3.63, 3.8) is 0 Å². The smallest absolute Gasteiger partial charge is 0.448 e. The molecule has 0 aliphatic heterocycles. The van der Waals surface area contributed by atoms with Crippen LogP contribution in [-0.4, -0.2) is 42.6 Å². The molecular weight excluding hydrogens is 221 g/mol. The zero-order valence-electron chi connectivity index (χ0n) is 8.43. The van der Waals surface area contributed by atoms with Crippen LogP contribution in [0.4, 0.5) is 12.9 Å².